The highest BCUT2D eigenvalue weighted by Gasteiger charge is 2.24. The van der Waals surface area contributed by atoms with Gasteiger partial charge in [0, 0.05) is 36.3 Å². The van der Waals surface area contributed by atoms with Crippen molar-refractivity contribution in [3.63, 3.8) is 0 Å². The summed E-state index contributed by atoms with van der Waals surface area (Å²) in [7, 11) is 0. The monoisotopic (exact) mass is 429 g/mol. The van der Waals surface area contributed by atoms with Gasteiger partial charge in [0.25, 0.3) is 5.56 Å². The highest BCUT2D eigenvalue weighted by Crippen LogP contribution is 2.28. The van der Waals surface area contributed by atoms with Gasteiger partial charge in [-0.3, -0.25) is 14.7 Å². The number of unbranched alkanes of at least 4 members (excludes halogenated alkanes) is 1. The van der Waals surface area contributed by atoms with Gasteiger partial charge in [0.05, 0.1) is 12.6 Å². The van der Waals surface area contributed by atoms with E-state index in [0.29, 0.717) is 6.04 Å². The normalized spacial score (nSPS) is 16.0. The Kier molecular flexibility index (Phi) is 8.96. The van der Waals surface area contributed by atoms with E-state index in [9.17, 15) is 4.79 Å². The molecule has 2 aromatic rings. The molecule has 0 saturated carbocycles. The lowest BCUT2D eigenvalue weighted by atomic mass is 10.2. The first-order chi connectivity index (χ1) is 14.7. The lowest BCUT2D eigenvalue weighted by Gasteiger charge is -2.25. The minimum Gasteiger partial charge on any atom is -0.357 e. The Morgan fingerprint density at radius 3 is 2.70 bits per heavy atom. The third-order valence-electron chi connectivity index (χ3n) is 5.59. The number of pyridine rings is 1. The van der Waals surface area contributed by atoms with E-state index in [-0.39, 0.29) is 5.56 Å². The van der Waals surface area contributed by atoms with E-state index in [0.717, 1.165) is 50.7 Å². The number of hydrogen-bond acceptors (Lipinski definition) is 4. The topological polar surface area (TPSA) is 61.7 Å². The molecule has 2 aromatic heterocycles. The van der Waals surface area contributed by atoms with Crippen LogP contribution in [0.1, 0.15) is 49.2 Å². The second-order valence-electron chi connectivity index (χ2n) is 7.78. The summed E-state index contributed by atoms with van der Waals surface area (Å²) in [6.45, 7) is 9.64. The maximum atomic E-state index is 12.0. The molecule has 1 aliphatic heterocycles. The molecule has 3 rings (SSSR count). The molecule has 0 radical (unpaired) electrons. The van der Waals surface area contributed by atoms with Gasteiger partial charge in [-0.25, -0.2) is 0 Å². The molecule has 0 spiro atoms. The smallest absolute Gasteiger partial charge is 0.250 e. The molecule has 2 N–H and O–H groups in total. The van der Waals surface area contributed by atoms with Gasteiger partial charge in [-0.2, -0.15) is 0 Å². The lowest BCUT2D eigenvalue weighted by molar-refractivity contribution is 0.255. The van der Waals surface area contributed by atoms with Crippen LogP contribution in [0.25, 0.3) is 0 Å². The third kappa shape index (κ3) is 6.44. The number of hydrogen-bond donors (Lipinski definition) is 2. The Bertz CT molecular complexity index is 840. The van der Waals surface area contributed by atoms with E-state index in [1.807, 2.05) is 35.0 Å². The number of guanidine groups is 1. The number of nitrogens with zero attached hydrogens (tertiary/aromatic N) is 3. The van der Waals surface area contributed by atoms with Crippen molar-refractivity contribution < 1.29 is 0 Å². The summed E-state index contributed by atoms with van der Waals surface area (Å²) < 4.78 is 1.85. The molecule has 1 fully saturated rings. The molecule has 30 heavy (non-hydrogen) atoms. The second-order valence-corrected chi connectivity index (χ2v) is 8.76. The molecule has 1 aliphatic rings. The summed E-state index contributed by atoms with van der Waals surface area (Å²) in [5.41, 5.74) is 1.10. The standard InChI is InChI=1S/C23H35N5OS/c1-3-24-23(25-13-4-5-16-28-19(2)10-8-12-22(28)29)26-18-20(21-11-9-17-30-21)27-14-6-7-15-27/h8-12,17,20H,3-7,13-16,18H2,1-2H3,(H2,24,25,26). The quantitative estimate of drug-likeness (QED) is 0.345. The number of aromatic nitrogens is 1. The lowest BCUT2D eigenvalue weighted by Crippen LogP contribution is -2.39. The molecule has 1 atom stereocenters. The van der Waals surface area contributed by atoms with Crippen molar-refractivity contribution in [2.45, 2.75) is 52.1 Å². The molecule has 0 amide bonds. The minimum absolute atomic E-state index is 0.0828. The highest BCUT2D eigenvalue weighted by molar-refractivity contribution is 7.10. The van der Waals surface area contributed by atoms with Crippen LogP contribution in [0.5, 0.6) is 0 Å². The molecule has 6 nitrogen and oxygen atoms in total. The van der Waals surface area contributed by atoms with Crippen molar-refractivity contribution in [3.8, 4) is 0 Å². The zero-order valence-electron chi connectivity index (χ0n) is 18.3. The van der Waals surface area contributed by atoms with E-state index in [1.54, 1.807) is 6.07 Å². The van der Waals surface area contributed by atoms with Gasteiger partial charge in [0.1, 0.15) is 0 Å². The van der Waals surface area contributed by atoms with Gasteiger partial charge in [-0.05, 0) is 70.1 Å². The molecule has 0 bridgehead atoms. The Morgan fingerprint density at radius 1 is 1.17 bits per heavy atom. The number of likely N-dealkylation sites (tertiary alicyclic amines) is 1. The van der Waals surface area contributed by atoms with Crippen LogP contribution in [0.15, 0.2) is 45.5 Å². The van der Waals surface area contributed by atoms with Crippen LogP contribution in [0.2, 0.25) is 0 Å². The largest absolute Gasteiger partial charge is 0.357 e. The molecule has 0 aliphatic carbocycles. The molecule has 1 saturated heterocycles. The number of thiophene rings is 1. The van der Waals surface area contributed by atoms with E-state index in [4.69, 9.17) is 4.99 Å². The SMILES string of the molecule is CCNC(=NCC(c1cccs1)N1CCCC1)NCCCCn1c(C)cccc1=O. The molecule has 1 unspecified atom stereocenters. The number of nitrogens with one attached hydrogen (secondary N) is 2. The van der Waals surface area contributed by atoms with Crippen molar-refractivity contribution in [3.05, 3.63) is 56.6 Å². The maximum absolute atomic E-state index is 12.0. The Morgan fingerprint density at radius 2 is 2.00 bits per heavy atom. The molecule has 0 aromatic carbocycles. The van der Waals surface area contributed by atoms with Crippen LogP contribution in [-0.2, 0) is 6.54 Å². The summed E-state index contributed by atoms with van der Waals surface area (Å²) in [4.78, 5) is 20.8. The van der Waals surface area contributed by atoms with Crippen molar-refractivity contribution in [1.82, 2.24) is 20.1 Å². The number of rotatable bonds is 10. The molecular formula is C23H35N5OS. The fourth-order valence-corrected chi connectivity index (χ4v) is 4.80. The van der Waals surface area contributed by atoms with Crippen LogP contribution in [0, 0.1) is 6.92 Å². The van der Waals surface area contributed by atoms with Gasteiger partial charge in [-0.15, -0.1) is 11.3 Å². The first-order valence-corrected chi connectivity index (χ1v) is 12.0. The van der Waals surface area contributed by atoms with Gasteiger partial charge < -0.3 is 15.2 Å². The number of aliphatic imine (C=N–C) groups is 1. The van der Waals surface area contributed by atoms with Crippen LogP contribution >= 0.6 is 11.3 Å². The first-order valence-electron chi connectivity index (χ1n) is 11.1. The summed E-state index contributed by atoms with van der Waals surface area (Å²) in [6, 6.07) is 10.2. The highest BCUT2D eigenvalue weighted by atomic mass is 32.1. The summed E-state index contributed by atoms with van der Waals surface area (Å²) in [6.07, 6.45) is 4.52. The van der Waals surface area contributed by atoms with Crippen LogP contribution in [0.4, 0.5) is 0 Å². The summed E-state index contributed by atoms with van der Waals surface area (Å²) >= 11 is 1.83. The van der Waals surface area contributed by atoms with Crippen LogP contribution in [-0.4, -0.2) is 48.2 Å². The Labute approximate surface area is 184 Å². The fourth-order valence-electron chi connectivity index (χ4n) is 3.95. The van der Waals surface area contributed by atoms with Crippen LogP contribution in [0.3, 0.4) is 0 Å². The Hall–Kier alpha value is -2.12. The maximum Gasteiger partial charge on any atom is 0.250 e. The van der Waals surface area contributed by atoms with Crippen molar-refractivity contribution in [2.75, 3.05) is 32.7 Å². The van der Waals surface area contributed by atoms with E-state index in [2.05, 4.69) is 40.0 Å². The predicted molar refractivity (Wildman–Crippen MR) is 127 cm³/mol. The van der Waals surface area contributed by atoms with Crippen molar-refractivity contribution >= 4 is 17.3 Å². The molecular weight excluding hydrogens is 394 g/mol. The second kappa shape index (κ2) is 11.9. The van der Waals surface area contributed by atoms with E-state index in [1.165, 1.54) is 30.8 Å². The first kappa shape index (κ1) is 22.6. The van der Waals surface area contributed by atoms with Crippen LogP contribution < -0.4 is 16.2 Å². The fraction of sp³-hybridized carbons (Fsp3) is 0.565. The molecule has 3 heterocycles. The zero-order chi connectivity index (χ0) is 21.2. The molecule has 164 valence electrons. The Balaban J connectivity index is 1.50. The summed E-state index contributed by atoms with van der Waals surface area (Å²) in [5, 5.41) is 8.99. The average molecular weight is 430 g/mol. The van der Waals surface area contributed by atoms with Crippen molar-refractivity contribution in [2.24, 2.45) is 4.99 Å². The van der Waals surface area contributed by atoms with Gasteiger partial charge in [0.15, 0.2) is 5.96 Å². The van der Waals surface area contributed by atoms with Gasteiger partial charge in [-0.1, -0.05) is 12.1 Å². The van der Waals surface area contributed by atoms with E-state index < -0.39 is 0 Å². The predicted octanol–water partition coefficient (Wildman–Crippen LogP) is 3.39. The third-order valence-corrected chi connectivity index (χ3v) is 6.56. The molecule has 7 heteroatoms. The van der Waals surface area contributed by atoms with Crippen molar-refractivity contribution in [1.29, 1.82) is 0 Å². The van der Waals surface area contributed by atoms with Gasteiger partial charge >= 0.3 is 0 Å². The summed E-state index contributed by atoms with van der Waals surface area (Å²) in [5.74, 6) is 0.881. The minimum atomic E-state index is 0.0828. The number of aryl methyl sites for hydroxylation is 1. The zero-order valence-corrected chi connectivity index (χ0v) is 19.1. The van der Waals surface area contributed by atoms with E-state index >= 15 is 0 Å². The average Bonchev–Trinajstić information content (AvgIpc) is 3.44. The van der Waals surface area contributed by atoms with Gasteiger partial charge in [0.2, 0.25) is 0 Å².